The van der Waals surface area contributed by atoms with Gasteiger partial charge in [-0.3, -0.25) is 0 Å². The average Bonchev–Trinajstić information content (AvgIpc) is 2.28. The zero-order valence-corrected chi connectivity index (χ0v) is 10.7. The van der Waals surface area contributed by atoms with Crippen LogP contribution in [-0.4, -0.2) is 26.0 Å². The molecule has 0 bridgehead atoms. The van der Waals surface area contributed by atoms with Crippen LogP contribution in [0.5, 0.6) is 0 Å². The van der Waals surface area contributed by atoms with Crippen molar-refractivity contribution < 1.29 is 8.42 Å². The zero-order valence-electron chi connectivity index (χ0n) is 9.14. The van der Waals surface area contributed by atoms with E-state index >= 15 is 0 Å². The Labute approximate surface area is 105 Å². The Bertz CT molecular complexity index is 531. The number of pyridine rings is 1. The molecule has 1 aromatic heterocycles. The number of nitrogens with one attached hydrogen (secondary N) is 1. The minimum Gasteiger partial charge on any atom is -0.317 e. The highest BCUT2D eigenvalue weighted by molar-refractivity contribution is 7.89. The number of aromatic nitrogens is 1. The van der Waals surface area contributed by atoms with Crippen molar-refractivity contribution in [3.63, 3.8) is 0 Å². The highest BCUT2D eigenvalue weighted by Crippen LogP contribution is 2.10. The third kappa shape index (κ3) is 4.32. The summed E-state index contributed by atoms with van der Waals surface area (Å²) >= 11 is 5.57. The van der Waals surface area contributed by atoms with Gasteiger partial charge in [-0.1, -0.05) is 17.5 Å². The van der Waals surface area contributed by atoms with E-state index in [-0.39, 0.29) is 16.6 Å². The quantitative estimate of drug-likeness (QED) is 0.613. The van der Waals surface area contributed by atoms with Gasteiger partial charge in [0.2, 0.25) is 10.0 Å². The number of sulfonamides is 1. The van der Waals surface area contributed by atoms with E-state index in [2.05, 4.69) is 21.5 Å². The van der Waals surface area contributed by atoms with E-state index in [9.17, 15) is 8.42 Å². The van der Waals surface area contributed by atoms with Crippen molar-refractivity contribution in [2.45, 2.75) is 17.9 Å². The summed E-state index contributed by atoms with van der Waals surface area (Å²) in [6.45, 7) is 1.68. The van der Waals surface area contributed by atoms with E-state index in [0.29, 0.717) is 0 Å². The molecular weight excluding hydrogens is 262 g/mol. The molecule has 1 rings (SSSR count). The van der Waals surface area contributed by atoms with Gasteiger partial charge in [-0.05, 0) is 19.1 Å². The second kappa shape index (κ2) is 5.98. The molecule has 1 unspecified atom stereocenters. The summed E-state index contributed by atoms with van der Waals surface area (Å²) in [6, 6.07) is 2.24. The van der Waals surface area contributed by atoms with Gasteiger partial charge in [-0.25, -0.2) is 18.1 Å². The SMILES string of the molecule is CC#CC(N)CNS(=O)(=O)c1ccc(Cl)nc1. The van der Waals surface area contributed by atoms with Crippen molar-refractivity contribution in [1.82, 2.24) is 9.71 Å². The summed E-state index contributed by atoms with van der Waals surface area (Å²) in [4.78, 5) is 3.74. The third-order valence-corrected chi connectivity index (χ3v) is 3.47. The molecule has 0 spiro atoms. The lowest BCUT2D eigenvalue weighted by Crippen LogP contribution is -2.36. The number of halogens is 1. The van der Waals surface area contributed by atoms with E-state index in [4.69, 9.17) is 17.3 Å². The van der Waals surface area contributed by atoms with E-state index in [0.717, 1.165) is 0 Å². The highest BCUT2D eigenvalue weighted by atomic mass is 35.5. The second-order valence-electron chi connectivity index (χ2n) is 3.17. The molecule has 0 saturated carbocycles. The normalized spacial score (nSPS) is 12.6. The summed E-state index contributed by atoms with van der Waals surface area (Å²) in [5, 5.41) is 0.234. The molecule has 0 fully saturated rings. The molecule has 1 heterocycles. The van der Waals surface area contributed by atoms with Gasteiger partial charge < -0.3 is 5.73 Å². The van der Waals surface area contributed by atoms with Gasteiger partial charge in [-0.2, -0.15) is 0 Å². The van der Waals surface area contributed by atoms with Gasteiger partial charge >= 0.3 is 0 Å². The number of hydrogen-bond acceptors (Lipinski definition) is 4. The standard InChI is InChI=1S/C10H12ClN3O2S/c1-2-3-8(12)6-14-17(15,16)9-4-5-10(11)13-7-9/h4-5,7-8,14H,6,12H2,1H3. The maximum atomic E-state index is 11.8. The Kier molecular flexibility index (Phi) is 4.90. The van der Waals surface area contributed by atoms with Gasteiger partial charge in [0.15, 0.2) is 0 Å². The predicted molar refractivity (Wildman–Crippen MR) is 65.9 cm³/mol. The Hall–Kier alpha value is -1.13. The van der Waals surface area contributed by atoms with Crippen molar-refractivity contribution in [2.75, 3.05) is 6.54 Å². The van der Waals surface area contributed by atoms with Crippen molar-refractivity contribution in [1.29, 1.82) is 0 Å². The van der Waals surface area contributed by atoms with Crippen molar-refractivity contribution >= 4 is 21.6 Å². The minimum atomic E-state index is -3.61. The molecule has 0 aliphatic heterocycles. The molecule has 1 atom stereocenters. The van der Waals surface area contributed by atoms with Crippen LogP contribution in [0.2, 0.25) is 5.15 Å². The van der Waals surface area contributed by atoms with Gasteiger partial charge in [-0.15, -0.1) is 5.92 Å². The molecule has 0 amide bonds. The minimum absolute atomic E-state index is 0.0403. The van der Waals surface area contributed by atoms with Crippen LogP contribution in [0.25, 0.3) is 0 Å². The van der Waals surface area contributed by atoms with Crippen molar-refractivity contribution in [3.8, 4) is 11.8 Å². The molecule has 0 radical (unpaired) electrons. The molecule has 3 N–H and O–H groups in total. The molecular formula is C10H12ClN3O2S. The van der Waals surface area contributed by atoms with Gasteiger partial charge in [0.1, 0.15) is 10.0 Å². The average molecular weight is 274 g/mol. The fourth-order valence-corrected chi connectivity index (χ4v) is 2.16. The zero-order chi connectivity index (χ0) is 12.9. The summed E-state index contributed by atoms with van der Waals surface area (Å²) in [7, 11) is -3.61. The number of hydrogen-bond donors (Lipinski definition) is 2. The number of rotatable bonds is 4. The summed E-state index contributed by atoms with van der Waals surface area (Å²) in [6.07, 6.45) is 1.18. The Balaban J connectivity index is 2.74. The van der Waals surface area contributed by atoms with E-state index in [1.807, 2.05) is 0 Å². The number of nitrogens with zero attached hydrogens (tertiary/aromatic N) is 1. The van der Waals surface area contributed by atoms with Crippen molar-refractivity contribution in [3.05, 3.63) is 23.5 Å². The van der Waals surface area contributed by atoms with Crippen LogP contribution < -0.4 is 10.5 Å². The second-order valence-corrected chi connectivity index (χ2v) is 5.32. The molecule has 7 heteroatoms. The topological polar surface area (TPSA) is 85.1 Å². The molecule has 92 valence electrons. The molecule has 17 heavy (non-hydrogen) atoms. The molecule has 0 aliphatic rings. The maximum absolute atomic E-state index is 11.8. The molecule has 0 aliphatic carbocycles. The van der Waals surface area contributed by atoms with Crippen LogP contribution in [0.3, 0.4) is 0 Å². The van der Waals surface area contributed by atoms with Crippen molar-refractivity contribution in [2.24, 2.45) is 5.73 Å². The summed E-state index contributed by atoms with van der Waals surface area (Å²) in [5.41, 5.74) is 5.56. The lowest BCUT2D eigenvalue weighted by atomic mass is 10.3. The highest BCUT2D eigenvalue weighted by Gasteiger charge is 2.14. The van der Waals surface area contributed by atoms with Crippen LogP contribution in [0, 0.1) is 11.8 Å². The third-order valence-electron chi connectivity index (χ3n) is 1.83. The van der Waals surface area contributed by atoms with E-state index < -0.39 is 16.1 Å². The van der Waals surface area contributed by atoms with E-state index in [1.54, 1.807) is 6.92 Å². The first-order valence-corrected chi connectivity index (χ1v) is 6.61. The summed E-state index contributed by atoms with van der Waals surface area (Å²) < 4.78 is 25.8. The van der Waals surface area contributed by atoms with Crippen LogP contribution >= 0.6 is 11.6 Å². The van der Waals surface area contributed by atoms with Gasteiger partial charge in [0, 0.05) is 12.7 Å². The number of nitrogens with two attached hydrogens (primary N) is 1. The lowest BCUT2D eigenvalue weighted by molar-refractivity contribution is 0.578. The van der Waals surface area contributed by atoms with Crippen LogP contribution in [0.1, 0.15) is 6.92 Å². The molecule has 0 saturated heterocycles. The summed E-state index contributed by atoms with van der Waals surface area (Å²) in [5.74, 6) is 5.25. The fraction of sp³-hybridized carbons (Fsp3) is 0.300. The van der Waals surface area contributed by atoms with Crippen LogP contribution in [0.4, 0.5) is 0 Å². The first kappa shape index (κ1) is 13.9. The largest absolute Gasteiger partial charge is 0.317 e. The van der Waals surface area contributed by atoms with Crippen LogP contribution in [0.15, 0.2) is 23.2 Å². The Morgan fingerprint density at radius 2 is 2.29 bits per heavy atom. The first-order valence-electron chi connectivity index (χ1n) is 4.75. The monoisotopic (exact) mass is 273 g/mol. The van der Waals surface area contributed by atoms with Gasteiger partial charge in [0.05, 0.1) is 6.04 Å². The maximum Gasteiger partial charge on any atom is 0.242 e. The first-order chi connectivity index (χ1) is 7.95. The molecule has 1 aromatic rings. The van der Waals surface area contributed by atoms with Crippen LogP contribution in [-0.2, 0) is 10.0 Å². The fourth-order valence-electron chi connectivity index (χ4n) is 1.04. The van der Waals surface area contributed by atoms with Gasteiger partial charge in [0.25, 0.3) is 0 Å². The molecule has 5 nitrogen and oxygen atoms in total. The van der Waals surface area contributed by atoms with E-state index in [1.165, 1.54) is 18.3 Å². The Morgan fingerprint density at radius 3 is 2.82 bits per heavy atom. The smallest absolute Gasteiger partial charge is 0.242 e. The lowest BCUT2D eigenvalue weighted by Gasteiger charge is -2.08. The predicted octanol–water partition coefficient (Wildman–Crippen LogP) is 0.364. The molecule has 0 aromatic carbocycles. The Morgan fingerprint density at radius 1 is 1.59 bits per heavy atom.